The van der Waals surface area contributed by atoms with Crippen molar-refractivity contribution in [1.82, 2.24) is 15.1 Å². The highest BCUT2D eigenvalue weighted by molar-refractivity contribution is 5.81. The van der Waals surface area contributed by atoms with E-state index in [1.165, 1.54) is 5.39 Å². The molecule has 17 heavy (non-hydrogen) atoms. The number of nitrogens with zero attached hydrogens (tertiary/aromatic N) is 2. The SMILES string of the molecule is Cn1nc(CNC(C)(C)CN)c2ccccc21. The monoisotopic (exact) mass is 232 g/mol. The number of fused-ring (bicyclic) bond motifs is 1. The van der Waals surface area contributed by atoms with E-state index in [1.807, 2.05) is 23.9 Å². The van der Waals surface area contributed by atoms with Crippen LogP contribution in [-0.2, 0) is 13.6 Å². The van der Waals surface area contributed by atoms with Crippen LogP contribution in [0.3, 0.4) is 0 Å². The Hall–Kier alpha value is -1.39. The molecule has 4 heteroatoms. The topological polar surface area (TPSA) is 55.9 Å². The summed E-state index contributed by atoms with van der Waals surface area (Å²) in [7, 11) is 1.97. The predicted molar refractivity (Wildman–Crippen MR) is 70.7 cm³/mol. The summed E-state index contributed by atoms with van der Waals surface area (Å²) in [6.07, 6.45) is 0. The van der Waals surface area contributed by atoms with Crippen LogP contribution in [0.2, 0.25) is 0 Å². The van der Waals surface area contributed by atoms with Crippen LogP contribution in [-0.4, -0.2) is 21.9 Å². The second-order valence-electron chi connectivity index (χ2n) is 5.03. The third kappa shape index (κ3) is 2.48. The van der Waals surface area contributed by atoms with Crippen molar-refractivity contribution in [3.8, 4) is 0 Å². The van der Waals surface area contributed by atoms with E-state index in [-0.39, 0.29) is 5.54 Å². The van der Waals surface area contributed by atoms with Crippen molar-refractivity contribution in [1.29, 1.82) is 0 Å². The molecule has 0 saturated heterocycles. The Labute approximate surface area is 102 Å². The predicted octanol–water partition coefficient (Wildman–Crippen LogP) is 1.40. The summed E-state index contributed by atoms with van der Waals surface area (Å²) in [5.41, 5.74) is 7.88. The summed E-state index contributed by atoms with van der Waals surface area (Å²) in [5, 5.41) is 9.17. The van der Waals surface area contributed by atoms with Crippen molar-refractivity contribution in [2.24, 2.45) is 12.8 Å². The molecule has 0 aliphatic carbocycles. The first-order chi connectivity index (χ1) is 8.03. The molecule has 0 spiro atoms. The van der Waals surface area contributed by atoms with E-state index in [4.69, 9.17) is 5.73 Å². The summed E-state index contributed by atoms with van der Waals surface area (Å²) in [6.45, 7) is 5.54. The zero-order chi connectivity index (χ0) is 12.5. The Morgan fingerprint density at radius 2 is 2.06 bits per heavy atom. The fraction of sp³-hybridized carbons (Fsp3) is 0.462. The van der Waals surface area contributed by atoms with Crippen molar-refractivity contribution >= 4 is 10.9 Å². The number of aromatic nitrogens is 2. The average Bonchev–Trinajstić information content (AvgIpc) is 2.65. The fourth-order valence-electron chi connectivity index (χ4n) is 1.81. The lowest BCUT2D eigenvalue weighted by atomic mass is 10.1. The number of aryl methyl sites for hydroxylation is 1. The highest BCUT2D eigenvalue weighted by atomic mass is 15.3. The normalized spacial score (nSPS) is 12.2. The van der Waals surface area contributed by atoms with E-state index in [9.17, 15) is 0 Å². The Morgan fingerprint density at radius 3 is 2.76 bits per heavy atom. The van der Waals surface area contributed by atoms with Gasteiger partial charge in [-0.1, -0.05) is 18.2 Å². The number of nitrogens with one attached hydrogen (secondary N) is 1. The molecule has 92 valence electrons. The van der Waals surface area contributed by atoms with Crippen LogP contribution >= 0.6 is 0 Å². The molecule has 0 bridgehead atoms. The van der Waals surface area contributed by atoms with Crippen molar-refractivity contribution in [3.63, 3.8) is 0 Å². The molecule has 2 aromatic rings. The number of hydrogen-bond acceptors (Lipinski definition) is 3. The second-order valence-corrected chi connectivity index (χ2v) is 5.03. The quantitative estimate of drug-likeness (QED) is 0.838. The lowest BCUT2D eigenvalue weighted by Gasteiger charge is -2.23. The maximum Gasteiger partial charge on any atom is 0.0841 e. The molecular formula is C13H20N4. The Bertz CT molecular complexity index is 513. The van der Waals surface area contributed by atoms with E-state index in [2.05, 4.69) is 36.4 Å². The van der Waals surface area contributed by atoms with Gasteiger partial charge in [-0.15, -0.1) is 0 Å². The fourth-order valence-corrected chi connectivity index (χ4v) is 1.81. The van der Waals surface area contributed by atoms with Crippen LogP contribution in [0, 0.1) is 0 Å². The molecule has 0 aliphatic rings. The molecule has 0 amide bonds. The minimum absolute atomic E-state index is 0.0569. The number of benzene rings is 1. The molecule has 0 radical (unpaired) electrons. The lowest BCUT2D eigenvalue weighted by Crippen LogP contribution is -2.45. The molecule has 0 atom stereocenters. The van der Waals surface area contributed by atoms with E-state index in [0.29, 0.717) is 6.54 Å². The second kappa shape index (κ2) is 4.47. The molecule has 0 saturated carbocycles. The van der Waals surface area contributed by atoms with Crippen molar-refractivity contribution in [2.75, 3.05) is 6.54 Å². The number of para-hydroxylation sites is 1. The highest BCUT2D eigenvalue weighted by Gasteiger charge is 2.16. The van der Waals surface area contributed by atoms with Gasteiger partial charge in [-0.2, -0.15) is 5.10 Å². The zero-order valence-corrected chi connectivity index (χ0v) is 10.7. The van der Waals surface area contributed by atoms with Gasteiger partial charge in [0.15, 0.2) is 0 Å². The molecule has 0 unspecified atom stereocenters. The third-order valence-corrected chi connectivity index (χ3v) is 3.08. The molecule has 3 N–H and O–H groups in total. The average molecular weight is 232 g/mol. The Kier molecular flexibility index (Phi) is 3.17. The van der Waals surface area contributed by atoms with Crippen LogP contribution in [0.1, 0.15) is 19.5 Å². The molecule has 4 nitrogen and oxygen atoms in total. The largest absolute Gasteiger partial charge is 0.329 e. The molecule has 1 heterocycles. The molecule has 1 aromatic carbocycles. The molecule has 0 fully saturated rings. The van der Waals surface area contributed by atoms with E-state index in [1.54, 1.807) is 0 Å². The molecule has 1 aromatic heterocycles. The Morgan fingerprint density at radius 1 is 1.35 bits per heavy atom. The van der Waals surface area contributed by atoms with Crippen molar-refractivity contribution in [3.05, 3.63) is 30.0 Å². The first-order valence-electron chi connectivity index (χ1n) is 5.89. The molecule has 0 aliphatic heterocycles. The minimum Gasteiger partial charge on any atom is -0.329 e. The van der Waals surface area contributed by atoms with Gasteiger partial charge in [0.05, 0.1) is 11.2 Å². The van der Waals surface area contributed by atoms with Crippen LogP contribution < -0.4 is 11.1 Å². The smallest absolute Gasteiger partial charge is 0.0841 e. The van der Waals surface area contributed by atoms with Gasteiger partial charge in [0.1, 0.15) is 0 Å². The van der Waals surface area contributed by atoms with Gasteiger partial charge in [0, 0.05) is 31.1 Å². The van der Waals surface area contributed by atoms with Crippen molar-refractivity contribution in [2.45, 2.75) is 25.9 Å². The van der Waals surface area contributed by atoms with Gasteiger partial charge in [0.25, 0.3) is 0 Å². The highest BCUT2D eigenvalue weighted by Crippen LogP contribution is 2.17. The van der Waals surface area contributed by atoms with Gasteiger partial charge < -0.3 is 11.1 Å². The standard InChI is InChI=1S/C13H20N4/c1-13(2,9-14)15-8-11-10-6-4-5-7-12(10)17(3)16-11/h4-7,15H,8-9,14H2,1-3H3. The maximum atomic E-state index is 5.70. The number of hydrogen-bond donors (Lipinski definition) is 2. The number of nitrogens with two attached hydrogens (primary N) is 1. The summed E-state index contributed by atoms with van der Waals surface area (Å²) in [5.74, 6) is 0. The van der Waals surface area contributed by atoms with Crippen molar-refractivity contribution < 1.29 is 0 Å². The first-order valence-corrected chi connectivity index (χ1v) is 5.89. The van der Waals surface area contributed by atoms with Gasteiger partial charge >= 0.3 is 0 Å². The summed E-state index contributed by atoms with van der Waals surface area (Å²) in [6, 6.07) is 8.27. The van der Waals surface area contributed by atoms with Gasteiger partial charge in [-0.3, -0.25) is 4.68 Å². The zero-order valence-electron chi connectivity index (χ0n) is 10.7. The number of rotatable bonds is 4. The Balaban J connectivity index is 2.25. The van der Waals surface area contributed by atoms with Crippen LogP contribution in [0.4, 0.5) is 0 Å². The van der Waals surface area contributed by atoms with E-state index in [0.717, 1.165) is 17.8 Å². The van der Waals surface area contributed by atoms with Crippen LogP contribution in [0.15, 0.2) is 24.3 Å². The van der Waals surface area contributed by atoms with Crippen LogP contribution in [0.25, 0.3) is 10.9 Å². The molecular weight excluding hydrogens is 212 g/mol. The first kappa shape index (κ1) is 12.1. The third-order valence-electron chi connectivity index (χ3n) is 3.08. The van der Waals surface area contributed by atoms with E-state index >= 15 is 0 Å². The summed E-state index contributed by atoms with van der Waals surface area (Å²) < 4.78 is 1.92. The summed E-state index contributed by atoms with van der Waals surface area (Å²) >= 11 is 0. The maximum absolute atomic E-state index is 5.70. The summed E-state index contributed by atoms with van der Waals surface area (Å²) in [4.78, 5) is 0. The molecule has 2 rings (SSSR count). The van der Waals surface area contributed by atoms with E-state index < -0.39 is 0 Å². The van der Waals surface area contributed by atoms with Crippen LogP contribution in [0.5, 0.6) is 0 Å². The van der Waals surface area contributed by atoms with Gasteiger partial charge in [0.2, 0.25) is 0 Å². The lowest BCUT2D eigenvalue weighted by molar-refractivity contribution is 0.394. The van der Waals surface area contributed by atoms with Gasteiger partial charge in [-0.05, 0) is 19.9 Å². The minimum atomic E-state index is -0.0569. The van der Waals surface area contributed by atoms with Gasteiger partial charge in [-0.25, -0.2) is 0 Å².